The molecule has 0 aromatic heterocycles. The Hall–Kier alpha value is -0.130. The zero-order chi connectivity index (χ0) is 12.4. The zero-order valence-electron chi connectivity index (χ0n) is 10.4. The highest BCUT2D eigenvalue weighted by Gasteiger charge is 2.32. The number of hydrogen-bond donors (Lipinski definition) is 1. The van der Waals surface area contributed by atoms with E-state index in [0.29, 0.717) is 38.3 Å². The van der Waals surface area contributed by atoms with Gasteiger partial charge in [-0.15, -0.1) is 0 Å². The van der Waals surface area contributed by atoms with Gasteiger partial charge < -0.3 is 5.11 Å². The lowest BCUT2D eigenvalue weighted by molar-refractivity contribution is 0.0126. The third-order valence-corrected chi connectivity index (χ3v) is 5.05. The van der Waals surface area contributed by atoms with Crippen molar-refractivity contribution >= 4 is 10.0 Å². The van der Waals surface area contributed by atoms with E-state index in [4.69, 9.17) is 0 Å². The van der Waals surface area contributed by atoms with Gasteiger partial charge in [-0.25, -0.2) is 12.7 Å². The van der Waals surface area contributed by atoms with Crippen LogP contribution in [0.2, 0.25) is 0 Å². The van der Waals surface area contributed by atoms with E-state index in [0.717, 1.165) is 0 Å². The minimum Gasteiger partial charge on any atom is -0.390 e. The Kier molecular flexibility index (Phi) is 4.37. The standard InChI is InChI=1S/C11H23NO3S/c1-10(2)4-9-16(14,15)12-7-5-11(3,13)6-8-12/h10,13H,4-9H2,1-3H3. The molecule has 0 bridgehead atoms. The molecule has 0 saturated carbocycles. The molecule has 0 spiro atoms. The molecule has 96 valence electrons. The van der Waals surface area contributed by atoms with E-state index in [1.807, 2.05) is 13.8 Å². The molecule has 0 atom stereocenters. The maximum Gasteiger partial charge on any atom is 0.214 e. The molecular formula is C11H23NO3S. The Morgan fingerprint density at radius 1 is 1.31 bits per heavy atom. The van der Waals surface area contributed by atoms with E-state index in [1.165, 1.54) is 4.31 Å². The third-order valence-electron chi connectivity index (χ3n) is 3.15. The summed E-state index contributed by atoms with van der Waals surface area (Å²) in [6.45, 7) is 6.72. The maximum absolute atomic E-state index is 11.9. The fourth-order valence-electron chi connectivity index (χ4n) is 1.76. The van der Waals surface area contributed by atoms with Gasteiger partial charge in [-0.2, -0.15) is 0 Å². The molecular weight excluding hydrogens is 226 g/mol. The van der Waals surface area contributed by atoms with Gasteiger partial charge >= 0.3 is 0 Å². The van der Waals surface area contributed by atoms with Gasteiger partial charge in [0.05, 0.1) is 11.4 Å². The molecule has 4 nitrogen and oxygen atoms in total. The minimum atomic E-state index is -3.11. The number of piperidine rings is 1. The van der Waals surface area contributed by atoms with E-state index in [-0.39, 0.29) is 5.75 Å². The summed E-state index contributed by atoms with van der Waals surface area (Å²) >= 11 is 0. The van der Waals surface area contributed by atoms with Crippen LogP contribution >= 0.6 is 0 Å². The van der Waals surface area contributed by atoms with Crippen LogP contribution in [0.5, 0.6) is 0 Å². The van der Waals surface area contributed by atoms with Crippen LogP contribution in [0.1, 0.15) is 40.0 Å². The lowest BCUT2D eigenvalue weighted by Gasteiger charge is -2.35. The van der Waals surface area contributed by atoms with Gasteiger partial charge in [0, 0.05) is 13.1 Å². The van der Waals surface area contributed by atoms with Crippen molar-refractivity contribution in [3.63, 3.8) is 0 Å². The quantitative estimate of drug-likeness (QED) is 0.814. The van der Waals surface area contributed by atoms with Gasteiger partial charge in [0.1, 0.15) is 0 Å². The van der Waals surface area contributed by atoms with E-state index < -0.39 is 15.6 Å². The van der Waals surface area contributed by atoms with Crippen molar-refractivity contribution in [1.82, 2.24) is 4.31 Å². The average Bonchev–Trinajstić information content (AvgIpc) is 2.14. The van der Waals surface area contributed by atoms with Gasteiger partial charge in [0.25, 0.3) is 0 Å². The molecule has 1 N–H and O–H groups in total. The van der Waals surface area contributed by atoms with E-state index in [1.54, 1.807) is 6.92 Å². The summed E-state index contributed by atoms with van der Waals surface area (Å²) in [4.78, 5) is 0. The van der Waals surface area contributed by atoms with Gasteiger partial charge in [-0.1, -0.05) is 13.8 Å². The Bertz CT molecular complexity index is 312. The molecule has 0 amide bonds. The molecule has 0 radical (unpaired) electrons. The highest BCUT2D eigenvalue weighted by molar-refractivity contribution is 7.89. The molecule has 0 unspecified atom stereocenters. The number of nitrogens with zero attached hydrogens (tertiary/aromatic N) is 1. The van der Waals surface area contributed by atoms with Crippen molar-refractivity contribution in [3.8, 4) is 0 Å². The second kappa shape index (κ2) is 5.02. The SMILES string of the molecule is CC(C)CCS(=O)(=O)N1CCC(C)(O)CC1. The smallest absolute Gasteiger partial charge is 0.214 e. The first-order valence-corrected chi connectivity index (χ1v) is 7.54. The molecule has 1 rings (SSSR count). The van der Waals surface area contributed by atoms with Crippen LogP contribution in [-0.4, -0.2) is 42.3 Å². The number of sulfonamides is 1. The average molecular weight is 249 g/mol. The summed E-state index contributed by atoms with van der Waals surface area (Å²) < 4.78 is 25.4. The summed E-state index contributed by atoms with van der Waals surface area (Å²) in [6.07, 6.45) is 1.77. The summed E-state index contributed by atoms with van der Waals surface area (Å²) in [6, 6.07) is 0. The predicted octanol–water partition coefficient (Wildman–Crippen LogP) is 1.21. The van der Waals surface area contributed by atoms with Crippen molar-refractivity contribution < 1.29 is 13.5 Å². The van der Waals surface area contributed by atoms with Crippen LogP contribution in [-0.2, 0) is 10.0 Å². The summed E-state index contributed by atoms with van der Waals surface area (Å²) in [5, 5.41) is 9.75. The van der Waals surface area contributed by atoms with Crippen LogP contribution < -0.4 is 0 Å². The zero-order valence-corrected chi connectivity index (χ0v) is 11.3. The fraction of sp³-hybridized carbons (Fsp3) is 1.00. The monoisotopic (exact) mass is 249 g/mol. The lowest BCUT2D eigenvalue weighted by Crippen LogP contribution is -2.45. The Balaban J connectivity index is 2.52. The highest BCUT2D eigenvalue weighted by Crippen LogP contribution is 2.23. The molecule has 0 aliphatic carbocycles. The van der Waals surface area contributed by atoms with E-state index in [9.17, 15) is 13.5 Å². The van der Waals surface area contributed by atoms with Crippen LogP contribution in [0, 0.1) is 5.92 Å². The maximum atomic E-state index is 11.9. The van der Waals surface area contributed by atoms with Crippen molar-refractivity contribution in [2.24, 2.45) is 5.92 Å². The minimum absolute atomic E-state index is 0.229. The molecule has 1 aliphatic rings. The topological polar surface area (TPSA) is 57.6 Å². The van der Waals surface area contributed by atoms with Crippen LogP contribution in [0.25, 0.3) is 0 Å². The molecule has 0 aromatic rings. The molecule has 1 saturated heterocycles. The van der Waals surface area contributed by atoms with Gasteiger partial charge in [0.2, 0.25) is 10.0 Å². The van der Waals surface area contributed by atoms with Crippen molar-refractivity contribution in [3.05, 3.63) is 0 Å². The van der Waals surface area contributed by atoms with Gasteiger partial charge in [0.15, 0.2) is 0 Å². The normalized spacial score (nSPS) is 22.6. The molecule has 5 heteroatoms. The van der Waals surface area contributed by atoms with E-state index >= 15 is 0 Å². The van der Waals surface area contributed by atoms with Crippen LogP contribution in [0.3, 0.4) is 0 Å². The summed E-state index contributed by atoms with van der Waals surface area (Å²) in [5.41, 5.74) is -0.690. The van der Waals surface area contributed by atoms with Gasteiger partial charge in [-0.05, 0) is 32.1 Å². The third kappa shape index (κ3) is 4.03. The van der Waals surface area contributed by atoms with Gasteiger partial charge in [-0.3, -0.25) is 0 Å². The first kappa shape index (κ1) is 13.9. The summed E-state index contributed by atoms with van der Waals surface area (Å²) in [7, 11) is -3.11. The first-order chi connectivity index (χ1) is 7.23. The molecule has 1 aliphatic heterocycles. The van der Waals surface area contributed by atoms with E-state index in [2.05, 4.69) is 0 Å². The Morgan fingerprint density at radius 3 is 2.25 bits per heavy atom. The molecule has 1 fully saturated rings. The van der Waals surface area contributed by atoms with Crippen molar-refractivity contribution in [2.75, 3.05) is 18.8 Å². The molecule has 16 heavy (non-hydrogen) atoms. The number of aliphatic hydroxyl groups is 1. The Labute approximate surface area is 98.7 Å². The second-order valence-corrected chi connectivity index (χ2v) is 7.48. The van der Waals surface area contributed by atoms with Crippen molar-refractivity contribution in [1.29, 1.82) is 0 Å². The van der Waals surface area contributed by atoms with Crippen molar-refractivity contribution in [2.45, 2.75) is 45.6 Å². The predicted molar refractivity (Wildman–Crippen MR) is 64.7 cm³/mol. The summed E-state index contributed by atoms with van der Waals surface area (Å²) in [5.74, 6) is 0.634. The highest BCUT2D eigenvalue weighted by atomic mass is 32.2. The number of hydrogen-bond acceptors (Lipinski definition) is 3. The number of rotatable bonds is 4. The lowest BCUT2D eigenvalue weighted by atomic mass is 9.95. The van der Waals surface area contributed by atoms with Crippen LogP contribution in [0.4, 0.5) is 0 Å². The molecule has 1 heterocycles. The first-order valence-electron chi connectivity index (χ1n) is 5.93. The molecule has 0 aromatic carbocycles. The second-order valence-electron chi connectivity index (χ2n) is 5.39. The van der Waals surface area contributed by atoms with Crippen LogP contribution in [0.15, 0.2) is 0 Å². The Morgan fingerprint density at radius 2 is 1.81 bits per heavy atom. The largest absolute Gasteiger partial charge is 0.390 e. The fourth-order valence-corrected chi connectivity index (χ4v) is 3.53.